The summed E-state index contributed by atoms with van der Waals surface area (Å²) in [5.41, 5.74) is 8.24. The lowest BCUT2D eigenvalue weighted by atomic mass is 9.80. The maximum Gasteiger partial charge on any atom is 0.303 e. The molecule has 1 aliphatic carbocycles. The van der Waals surface area contributed by atoms with Crippen molar-refractivity contribution in [3.8, 4) is 0 Å². The molecule has 2 heterocycles. The largest absolute Gasteiger partial charge is 0.481 e. The lowest BCUT2D eigenvalue weighted by Crippen LogP contribution is -2.62. The number of dihydropyridines is 1. The predicted octanol–water partition coefficient (Wildman–Crippen LogP) is 3.56. The second kappa shape index (κ2) is 20.6. The van der Waals surface area contributed by atoms with E-state index in [9.17, 15) is 33.9 Å². The minimum absolute atomic E-state index is 0.0195. The van der Waals surface area contributed by atoms with Gasteiger partial charge in [0.05, 0.1) is 11.0 Å². The van der Waals surface area contributed by atoms with Gasteiger partial charge in [0, 0.05) is 37.2 Å². The molecule has 3 aromatic rings. The van der Waals surface area contributed by atoms with Crippen LogP contribution in [0, 0.1) is 0 Å². The van der Waals surface area contributed by atoms with E-state index in [0.29, 0.717) is 76.1 Å². The van der Waals surface area contributed by atoms with Gasteiger partial charge in [0.1, 0.15) is 17.6 Å². The Morgan fingerprint density at radius 1 is 0.860 bits per heavy atom. The number of benzene rings is 2. The second-order valence-electron chi connectivity index (χ2n) is 14.6. The molecule has 304 valence electrons. The number of carboxylic acids is 1. The van der Waals surface area contributed by atoms with Crippen molar-refractivity contribution in [1.82, 2.24) is 36.6 Å². The van der Waals surface area contributed by atoms with Gasteiger partial charge in [0.2, 0.25) is 29.6 Å². The highest BCUT2D eigenvalue weighted by Gasteiger charge is 2.41. The van der Waals surface area contributed by atoms with Crippen molar-refractivity contribution in [2.75, 3.05) is 18.4 Å². The van der Waals surface area contributed by atoms with Crippen molar-refractivity contribution < 1.29 is 33.9 Å². The Labute approximate surface area is 331 Å². The van der Waals surface area contributed by atoms with Crippen molar-refractivity contribution in [3.05, 3.63) is 78.0 Å². The highest BCUT2D eigenvalue weighted by molar-refractivity contribution is 5.99. The van der Waals surface area contributed by atoms with E-state index in [1.807, 2.05) is 42.6 Å². The molecule has 5 rings (SSSR count). The van der Waals surface area contributed by atoms with Gasteiger partial charge < -0.3 is 47.7 Å². The van der Waals surface area contributed by atoms with E-state index >= 15 is 0 Å². The number of unbranched alkanes of at least 4 members (excludes halogenated alkanes) is 1. The lowest BCUT2D eigenvalue weighted by Gasteiger charge is -2.36. The summed E-state index contributed by atoms with van der Waals surface area (Å²) in [5, 5.41) is 26.8. The van der Waals surface area contributed by atoms with Crippen LogP contribution in [0.4, 0.5) is 11.6 Å². The molecule has 10 N–H and O–H groups in total. The first kappa shape index (κ1) is 42.0. The van der Waals surface area contributed by atoms with Gasteiger partial charge >= 0.3 is 5.97 Å². The van der Waals surface area contributed by atoms with E-state index in [4.69, 9.17) is 5.73 Å². The summed E-state index contributed by atoms with van der Waals surface area (Å²) < 4.78 is 0. The number of anilines is 2. The van der Waals surface area contributed by atoms with E-state index in [-0.39, 0.29) is 37.2 Å². The zero-order valence-electron chi connectivity index (χ0n) is 32.0. The number of aliphatic carboxylic acids is 1. The number of rotatable bonds is 21. The smallest absolute Gasteiger partial charge is 0.303 e. The molecule has 1 fully saturated rings. The average molecular weight is 784 g/mol. The van der Waals surface area contributed by atoms with Crippen LogP contribution in [0.1, 0.15) is 93.8 Å². The number of amides is 5. The number of fused-ring (bicyclic) bond motifs is 1. The number of carbonyl (C=O) groups excluding carboxylic acids is 5. The first-order valence-corrected chi connectivity index (χ1v) is 19.6. The molecule has 0 saturated heterocycles. The second-order valence-corrected chi connectivity index (χ2v) is 14.6. The summed E-state index contributed by atoms with van der Waals surface area (Å²) in [7, 11) is 0. The molecule has 0 bridgehead atoms. The van der Waals surface area contributed by atoms with Crippen LogP contribution in [0.15, 0.2) is 72.5 Å². The van der Waals surface area contributed by atoms with Crippen LogP contribution in [0.25, 0.3) is 11.0 Å². The fraction of sp³-hybridized carbons (Fsp3) is 0.439. The van der Waals surface area contributed by atoms with Gasteiger partial charge in [-0.15, -0.1) is 0 Å². The fourth-order valence-corrected chi connectivity index (χ4v) is 7.01. The molecule has 1 aromatic heterocycles. The number of nitrogens with zero attached hydrogens (tertiary/aromatic N) is 1. The monoisotopic (exact) mass is 783 g/mol. The standard InChI is InChI=1S/C41H53N9O7/c42-39(57)41(22-5-1-6-23-41)50-38(56)33(14-8-15-35(52)53)47-37(55)32(13-4-7-25-44-34(51)21-16-27-10-9-24-43-26-27)46-36(54)28-17-19-29(20-18-28)45-40-48-30-11-2-3-12-31(30)49-40/h2-3,9-12,17-20,24,32-33,43H,1,4-8,13-16,21-23,25-26H2,(H2,42,57)(H,44,51)(H,46,54)(H,47,55)(H,50,56)(H,52,53)(H2,45,48,49)/t32-,33-/m1/s1. The summed E-state index contributed by atoms with van der Waals surface area (Å²) in [6, 6.07) is 12.0. The molecule has 0 unspecified atom stereocenters. The Hall–Kier alpha value is -6.19. The van der Waals surface area contributed by atoms with Crippen LogP contribution in [0.5, 0.6) is 0 Å². The van der Waals surface area contributed by atoms with Gasteiger partial charge in [-0.1, -0.05) is 43.0 Å². The third kappa shape index (κ3) is 12.7. The zero-order valence-corrected chi connectivity index (χ0v) is 32.0. The van der Waals surface area contributed by atoms with Gasteiger partial charge in [-0.05, 0) is 100 Å². The molecule has 5 amide bonds. The first-order chi connectivity index (χ1) is 27.5. The number of aromatic nitrogens is 2. The van der Waals surface area contributed by atoms with Crippen LogP contribution in [-0.2, 0) is 24.0 Å². The van der Waals surface area contributed by atoms with Crippen molar-refractivity contribution in [2.45, 2.75) is 101 Å². The minimum atomic E-state index is -1.27. The molecule has 16 heteroatoms. The highest BCUT2D eigenvalue weighted by atomic mass is 16.4. The van der Waals surface area contributed by atoms with Crippen LogP contribution in [-0.4, -0.2) is 81.3 Å². The summed E-state index contributed by atoms with van der Waals surface area (Å²) in [5.74, 6) is -3.10. The Bertz CT molecular complexity index is 1920. The number of carboxylic acid groups (broad SMARTS) is 1. The molecule has 1 saturated carbocycles. The Balaban J connectivity index is 1.24. The number of hydrogen-bond acceptors (Lipinski definition) is 9. The summed E-state index contributed by atoms with van der Waals surface area (Å²) in [6.07, 6.45) is 10.7. The van der Waals surface area contributed by atoms with Crippen molar-refractivity contribution in [1.29, 1.82) is 0 Å². The Morgan fingerprint density at radius 3 is 2.30 bits per heavy atom. The number of nitrogens with two attached hydrogens (primary N) is 1. The number of imidazole rings is 1. The number of primary amides is 1. The van der Waals surface area contributed by atoms with Crippen LogP contribution < -0.4 is 37.6 Å². The summed E-state index contributed by atoms with van der Waals surface area (Å²) in [4.78, 5) is 85.3. The van der Waals surface area contributed by atoms with E-state index < -0.39 is 47.2 Å². The number of hydrogen-bond donors (Lipinski definition) is 9. The molecule has 2 aromatic carbocycles. The molecule has 2 aliphatic rings. The van der Waals surface area contributed by atoms with Crippen LogP contribution in [0.2, 0.25) is 0 Å². The fourth-order valence-electron chi connectivity index (χ4n) is 7.01. The molecule has 0 radical (unpaired) electrons. The van der Waals surface area contributed by atoms with E-state index in [2.05, 4.69) is 41.9 Å². The quantitative estimate of drug-likeness (QED) is 0.0711. The van der Waals surface area contributed by atoms with E-state index in [1.54, 1.807) is 24.3 Å². The molecule has 0 spiro atoms. The zero-order chi connectivity index (χ0) is 40.6. The van der Waals surface area contributed by atoms with Crippen molar-refractivity contribution in [3.63, 3.8) is 0 Å². The third-order valence-electron chi connectivity index (χ3n) is 10.3. The number of para-hydroxylation sites is 2. The maximum atomic E-state index is 13.9. The number of H-pyrrole nitrogens is 1. The number of carbonyl (C=O) groups is 6. The summed E-state index contributed by atoms with van der Waals surface area (Å²) in [6.45, 7) is 1.07. The minimum Gasteiger partial charge on any atom is -0.481 e. The molecule has 57 heavy (non-hydrogen) atoms. The normalized spacial score (nSPS) is 15.6. The van der Waals surface area contributed by atoms with Crippen LogP contribution >= 0.6 is 0 Å². The maximum absolute atomic E-state index is 13.9. The van der Waals surface area contributed by atoms with E-state index in [0.717, 1.165) is 23.0 Å². The third-order valence-corrected chi connectivity index (χ3v) is 10.3. The lowest BCUT2D eigenvalue weighted by molar-refractivity contribution is -0.137. The van der Waals surface area contributed by atoms with Crippen molar-refractivity contribution in [2.24, 2.45) is 5.73 Å². The average Bonchev–Trinajstić information content (AvgIpc) is 3.62. The van der Waals surface area contributed by atoms with Gasteiger partial charge in [0.25, 0.3) is 5.91 Å². The first-order valence-electron chi connectivity index (χ1n) is 19.6. The Morgan fingerprint density at radius 2 is 1.60 bits per heavy atom. The highest BCUT2D eigenvalue weighted by Crippen LogP contribution is 2.28. The SMILES string of the molecule is NC(=O)C1(NC(=O)[C@@H](CCCC(=O)O)NC(=O)[C@@H](CCCCNC(=O)CCC2=CC=CNC2)NC(=O)c2ccc(Nc3nc4ccccc4[nH]3)cc2)CCCCC1. The molecule has 16 nitrogen and oxygen atoms in total. The Kier molecular flexibility index (Phi) is 15.2. The van der Waals surface area contributed by atoms with Gasteiger partial charge in [0.15, 0.2) is 0 Å². The molecule has 1 aliphatic heterocycles. The van der Waals surface area contributed by atoms with Gasteiger partial charge in [-0.2, -0.15) is 0 Å². The van der Waals surface area contributed by atoms with Crippen LogP contribution in [0.3, 0.4) is 0 Å². The number of nitrogens with one attached hydrogen (secondary N) is 7. The molecule has 2 atom stereocenters. The molecular weight excluding hydrogens is 731 g/mol. The predicted molar refractivity (Wildman–Crippen MR) is 215 cm³/mol. The van der Waals surface area contributed by atoms with Gasteiger partial charge in [-0.3, -0.25) is 28.8 Å². The van der Waals surface area contributed by atoms with E-state index in [1.165, 1.54) is 0 Å². The van der Waals surface area contributed by atoms with Gasteiger partial charge in [-0.25, -0.2) is 4.98 Å². The summed E-state index contributed by atoms with van der Waals surface area (Å²) >= 11 is 0. The number of allylic oxidation sites excluding steroid dienone is 2. The molecular formula is C41H53N9O7. The number of aromatic amines is 1. The topological polar surface area (TPSA) is 250 Å². The van der Waals surface area contributed by atoms with Crippen molar-refractivity contribution >= 4 is 58.2 Å².